The number of nitrogens with one attached hydrogen (secondary N) is 1. The quantitative estimate of drug-likeness (QED) is 0.462. The molecule has 0 spiro atoms. The van der Waals surface area contributed by atoms with Crippen LogP contribution in [-0.2, 0) is 14.6 Å². The maximum atomic E-state index is 12.2. The molecular formula is C15H14N4O4S2. The second-order valence-electron chi connectivity index (χ2n) is 4.67. The molecule has 0 aliphatic heterocycles. The summed E-state index contributed by atoms with van der Waals surface area (Å²) in [5.41, 5.74) is 0.485. The Kier molecular flexibility index (Phi) is 5.84. The SMILES string of the molecule is CCS(=O)(=O)c1nnc(NC(=O)C(C#N)=Cc2ccc(OC)cc2)s1. The van der Waals surface area contributed by atoms with Gasteiger partial charge in [-0.2, -0.15) is 5.26 Å². The molecule has 8 nitrogen and oxygen atoms in total. The summed E-state index contributed by atoms with van der Waals surface area (Å²) in [5.74, 6) is -0.162. The van der Waals surface area contributed by atoms with Crippen LogP contribution in [0.4, 0.5) is 5.13 Å². The average Bonchev–Trinajstić information content (AvgIpc) is 3.09. The summed E-state index contributed by atoms with van der Waals surface area (Å²) in [6.45, 7) is 1.49. The van der Waals surface area contributed by atoms with Gasteiger partial charge in [0.2, 0.25) is 19.3 Å². The second-order valence-corrected chi connectivity index (χ2v) is 8.10. The van der Waals surface area contributed by atoms with Crippen LogP contribution in [0.2, 0.25) is 0 Å². The molecule has 0 bridgehead atoms. The molecule has 130 valence electrons. The van der Waals surface area contributed by atoms with Crippen LogP contribution in [0.15, 0.2) is 34.2 Å². The minimum atomic E-state index is -3.49. The third-order valence-electron chi connectivity index (χ3n) is 3.06. The van der Waals surface area contributed by atoms with Crippen LogP contribution >= 0.6 is 11.3 Å². The lowest BCUT2D eigenvalue weighted by Gasteiger charge is -2.01. The Balaban J connectivity index is 2.17. The molecule has 0 saturated carbocycles. The van der Waals surface area contributed by atoms with Gasteiger partial charge in [0.05, 0.1) is 12.9 Å². The third kappa shape index (κ3) is 4.62. The van der Waals surface area contributed by atoms with Gasteiger partial charge in [-0.25, -0.2) is 8.42 Å². The number of sulfone groups is 1. The molecule has 25 heavy (non-hydrogen) atoms. The van der Waals surface area contributed by atoms with E-state index in [-0.39, 0.29) is 20.8 Å². The summed E-state index contributed by atoms with van der Waals surface area (Å²) in [6, 6.07) is 8.59. The maximum Gasteiger partial charge on any atom is 0.268 e. The van der Waals surface area contributed by atoms with Crippen LogP contribution < -0.4 is 10.1 Å². The number of amides is 1. The number of rotatable bonds is 6. The van der Waals surface area contributed by atoms with Crippen LogP contribution in [0.3, 0.4) is 0 Å². The maximum absolute atomic E-state index is 12.2. The van der Waals surface area contributed by atoms with E-state index in [1.165, 1.54) is 20.1 Å². The van der Waals surface area contributed by atoms with Crippen LogP contribution in [0.25, 0.3) is 6.08 Å². The number of methoxy groups -OCH3 is 1. The number of aromatic nitrogens is 2. The molecule has 0 unspecified atom stereocenters. The molecular weight excluding hydrogens is 364 g/mol. The van der Waals surface area contributed by atoms with Crippen molar-refractivity contribution in [2.75, 3.05) is 18.2 Å². The molecule has 2 rings (SSSR count). The Morgan fingerprint density at radius 1 is 1.36 bits per heavy atom. The Hall–Kier alpha value is -2.77. The van der Waals surface area contributed by atoms with E-state index in [1.807, 2.05) is 0 Å². The van der Waals surface area contributed by atoms with Crippen LogP contribution in [0.5, 0.6) is 5.75 Å². The number of carbonyl (C=O) groups is 1. The largest absolute Gasteiger partial charge is 0.497 e. The zero-order chi connectivity index (χ0) is 18.4. The van der Waals surface area contributed by atoms with Crippen molar-refractivity contribution in [2.45, 2.75) is 11.3 Å². The first-order valence-corrected chi connectivity index (χ1v) is 9.50. The van der Waals surface area contributed by atoms with E-state index in [0.717, 1.165) is 11.3 Å². The molecule has 1 aromatic carbocycles. The molecule has 1 N–H and O–H groups in total. The minimum absolute atomic E-state index is 0.00732. The van der Waals surface area contributed by atoms with Crippen molar-refractivity contribution in [3.63, 3.8) is 0 Å². The highest BCUT2D eigenvalue weighted by molar-refractivity contribution is 7.93. The van der Waals surface area contributed by atoms with Gasteiger partial charge in [-0.3, -0.25) is 10.1 Å². The number of hydrogen-bond acceptors (Lipinski definition) is 8. The van der Waals surface area contributed by atoms with E-state index in [2.05, 4.69) is 15.5 Å². The van der Waals surface area contributed by atoms with Gasteiger partial charge in [0.1, 0.15) is 17.4 Å². The lowest BCUT2D eigenvalue weighted by atomic mass is 10.1. The topological polar surface area (TPSA) is 122 Å². The van der Waals surface area contributed by atoms with E-state index in [9.17, 15) is 18.5 Å². The zero-order valence-electron chi connectivity index (χ0n) is 13.4. The number of carbonyl (C=O) groups excluding carboxylic acids is 1. The Bertz CT molecular complexity index is 941. The molecule has 1 aromatic heterocycles. The fraction of sp³-hybridized carbons (Fsp3) is 0.200. The summed E-state index contributed by atoms with van der Waals surface area (Å²) in [7, 11) is -1.96. The minimum Gasteiger partial charge on any atom is -0.497 e. The second kappa shape index (κ2) is 7.87. The van der Waals surface area contributed by atoms with Gasteiger partial charge in [0.25, 0.3) is 5.91 Å². The Morgan fingerprint density at radius 2 is 2.04 bits per heavy atom. The van der Waals surface area contributed by atoms with Gasteiger partial charge in [-0.05, 0) is 23.8 Å². The highest BCUT2D eigenvalue weighted by Gasteiger charge is 2.19. The number of hydrogen-bond donors (Lipinski definition) is 1. The fourth-order valence-corrected chi connectivity index (χ4v) is 3.67. The average molecular weight is 378 g/mol. The number of nitrogens with zero attached hydrogens (tertiary/aromatic N) is 3. The van der Waals surface area contributed by atoms with Gasteiger partial charge in [0.15, 0.2) is 0 Å². The number of anilines is 1. The lowest BCUT2D eigenvalue weighted by Crippen LogP contribution is -2.13. The molecule has 1 amide bonds. The van der Waals surface area contributed by atoms with Crippen molar-refractivity contribution in [3.8, 4) is 11.8 Å². The van der Waals surface area contributed by atoms with Crippen molar-refractivity contribution in [2.24, 2.45) is 0 Å². The van der Waals surface area contributed by atoms with E-state index >= 15 is 0 Å². The van der Waals surface area contributed by atoms with Gasteiger partial charge < -0.3 is 4.74 Å². The Morgan fingerprint density at radius 3 is 2.60 bits per heavy atom. The summed E-state index contributed by atoms with van der Waals surface area (Å²) in [5, 5.41) is 18.7. The zero-order valence-corrected chi connectivity index (χ0v) is 15.0. The summed E-state index contributed by atoms with van der Waals surface area (Å²) < 4.78 is 28.3. The summed E-state index contributed by atoms with van der Waals surface area (Å²) in [6.07, 6.45) is 1.40. The predicted octanol–water partition coefficient (Wildman–Crippen LogP) is 1.89. The van der Waals surface area contributed by atoms with E-state index < -0.39 is 15.7 Å². The van der Waals surface area contributed by atoms with Crippen LogP contribution in [0.1, 0.15) is 12.5 Å². The Labute approximate surface area is 148 Å². The van der Waals surface area contributed by atoms with E-state index in [0.29, 0.717) is 11.3 Å². The van der Waals surface area contributed by atoms with Crippen LogP contribution in [0, 0.1) is 11.3 Å². The van der Waals surface area contributed by atoms with Gasteiger partial charge in [0, 0.05) is 0 Å². The van der Waals surface area contributed by atoms with Crippen molar-refractivity contribution in [1.82, 2.24) is 10.2 Å². The van der Waals surface area contributed by atoms with Gasteiger partial charge in [-0.15, -0.1) is 10.2 Å². The predicted molar refractivity (Wildman–Crippen MR) is 92.8 cm³/mol. The smallest absolute Gasteiger partial charge is 0.268 e. The molecule has 0 saturated heterocycles. The fourth-order valence-electron chi connectivity index (χ4n) is 1.69. The van der Waals surface area contributed by atoms with E-state index in [4.69, 9.17) is 4.74 Å². The number of nitriles is 1. The highest BCUT2D eigenvalue weighted by Crippen LogP contribution is 2.21. The molecule has 0 radical (unpaired) electrons. The molecule has 0 fully saturated rings. The highest BCUT2D eigenvalue weighted by atomic mass is 32.2. The first kappa shape index (κ1) is 18.6. The monoisotopic (exact) mass is 378 g/mol. The van der Waals surface area contributed by atoms with Crippen LogP contribution in [-0.4, -0.2) is 37.4 Å². The first-order valence-electron chi connectivity index (χ1n) is 7.03. The van der Waals surface area contributed by atoms with Gasteiger partial charge in [-0.1, -0.05) is 30.4 Å². The standard InChI is InChI=1S/C15H14N4O4S2/c1-3-25(21,22)15-19-18-14(24-15)17-13(20)11(9-16)8-10-4-6-12(23-2)7-5-10/h4-8H,3H2,1-2H3,(H,17,18,20). The van der Waals surface area contributed by atoms with Gasteiger partial charge >= 0.3 is 0 Å². The van der Waals surface area contributed by atoms with Crippen molar-refractivity contribution in [3.05, 3.63) is 35.4 Å². The molecule has 0 aliphatic rings. The lowest BCUT2D eigenvalue weighted by molar-refractivity contribution is -0.112. The third-order valence-corrected chi connectivity index (χ3v) is 6.08. The molecule has 1 heterocycles. The van der Waals surface area contributed by atoms with Crippen molar-refractivity contribution in [1.29, 1.82) is 5.26 Å². The summed E-state index contributed by atoms with van der Waals surface area (Å²) in [4.78, 5) is 12.2. The van der Waals surface area contributed by atoms with Crippen molar-refractivity contribution >= 4 is 38.3 Å². The number of benzene rings is 1. The molecule has 0 atom stereocenters. The number of ether oxygens (including phenoxy) is 1. The molecule has 10 heteroatoms. The normalized spacial score (nSPS) is 11.6. The molecule has 0 aliphatic carbocycles. The van der Waals surface area contributed by atoms with E-state index in [1.54, 1.807) is 30.3 Å². The summed E-state index contributed by atoms with van der Waals surface area (Å²) >= 11 is 0.737. The molecule has 2 aromatic rings. The first-order chi connectivity index (χ1) is 11.9. The van der Waals surface area contributed by atoms with Crippen molar-refractivity contribution < 1.29 is 17.9 Å².